The van der Waals surface area contributed by atoms with Crippen LogP contribution in [0.1, 0.15) is 0 Å². The van der Waals surface area contributed by atoms with Crippen LogP contribution in [0.2, 0.25) is 0 Å². The minimum atomic E-state index is -0.953. The Kier molecular flexibility index (Phi) is 3.33. The maximum absolute atomic E-state index is 12.4. The number of amides is 1. The number of nitrogens with zero attached hydrogens (tertiary/aromatic N) is 4. The van der Waals surface area contributed by atoms with E-state index >= 15 is 0 Å². The van der Waals surface area contributed by atoms with Crippen LogP contribution in [-0.2, 0) is 11.3 Å². The van der Waals surface area contributed by atoms with Crippen LogP contribution < -0.4 is 0 Å². The Labute approximate surface area is 80.8 Å². The summed E-state index contributed by atoms with van der Waals surface area (Å²) in [4.78, 5) is 16.0. The molecule has 0 aliphatic carbocycles. The van der Waals surface area contributed by atoms with E-state index in [1.807, 2.05) is 0 Å². The van der Waals surface area contributed by atoms with Crippen molar-refractivity contribution in [3.05, 3.63) is 25.1 Å². The molecule has 5 nitrogen and oxygen atoms in total. The highest BCUT2D eigenvalue weighted by Crippen LogP contribution is 1.98. The molecular formula is C8H11FN4O. The van der Waals surface area contributed by atoms with Crippen LogP contribution in [0.25, 0.3) is 0 Å². The van der Waals surface area contributed by atoms with Gasteiger partial charge in [0.15, 0.2) is 5.83 Å². The van der Waals surface area contributed by atoms with E-state index in [9.17, 15) is 9.18 Å². The van der Waals surface area contributed by atoms with Gasteiger partial charge in [0.1, 0.15) is 12.7 Å². The van der Waals surface area contributed by atoms with Gasteiger partial charge >= 0.3 is 0 Å². The van der Waals surface area contributed by atoms with Crippen LogP contribution in [-0.4, -0.2) is 39.2 Å². The Hall–Kier alpha value is -1.72. The van der Waals surface area contributed by atoms with Gasteiger partial charge in [-0.2, -0.15) is 5.10 Å². The molecule has 0 N–H and O–H groups in total. The van der Waals surface area contributed by atoms with Crippen LogP contribution in [0, 0.1) is 0 Å². The van der Waals surface area contributed by atoms with E-state index in [2.05, 4.69) is 16.7 Å². The number of carbonyl (C=O) groups is 1. The molecule has 0 unspecified atom stereocenters. The lowest BCUT2D eigenvalue weighted by molar-refractivity contribution is -0.127. The number of hydrogen-bond acceptors (Lipinski definition) is 3. The lowest BCUT2D eigenvalue weighted by atomic mass is 10.4. The van der Waals surface area contributed by atoms with Crippen molar-refractivity contribution in [3.63, 3.8) is 0 Å². The lowest BCUT2D eigenvalue weighted by Gasteiger charge is -2.14. The largest absolute Gasteiger partial charge is 0.338 e. The highest BCUT2D eigenvalue weighted by molar-refractivity contribution is 5.90. The van der Waals surface area contributed by atoms with E-state index in [0.717, 1.165) is 0 Å². The van der Waals surface area contributed by atoms with Gasteiger partial charge in [-0.25, -0.2) is 9.37 Å². The first-order chi connectivity index (χ1) is 6.61. The molecule has 14 heavy (non-hydrogen) atoms. The van der Waals surface area contributed by atoms with Crippen molar-refractivity contribution in [1.82, 2.24) is 19.7 Å². The molecule has 1 aromatic heterocycles. The lowest BCUT2D eigenvalue weighted by Crippen LogP contribution is -2.30. The Balaban J connectivity index is 2.38. The Morgan fingerprint density at radius 2 is 2.43 bits per heavy atom. The third-order valence-corrected chi connectivity index (χ3v) is 1.71. The summed E-state index contributed by atoms with van der Waals surface area (Å²) in [6.45, 7) is 3.78. The normalized spacial score (nSPS) is 9.86. The molecule has 0 fully saturated rings. The molecular weight excluding hydrogens is 187 g/mol. The maximum atomic E-state index is 12.4. The molecule has 0 aromatic carbocycles. The van der Waals surface area contributed by atoms with Crippen molar-refractivity contribution in [2.75, 3.05) is 13.6 Å². The number of likely N-dealkylation sites (N-methyl/N-ethyl adjacent to an activating group) is 1. The second-order valence-electron chi connectivity index (χ2n) is 2.79. The van der Waals surface area contributed by atoms with Crippen molar-refractivity contribution >= 4 is 5.91 Å². The molecule has 0 aliphatic heterocycles. The SMILES string of the molecule is C=C(F)C(=O)N(C)CCn1cncn1. The molecule has 0 saturated carbocycles. The fourth-order valence-corrected chi connectivity index (χ4v) is 0.909. The maximum Gasteiger partial charge on any atom is 0.281 e. The minimum absolute atomic E-state index is 0.366. The topological polar surface area (TPSA) is 51.0 Å². The van der Waals surface area contributed by atoms with Crippen molar-refractivity contribution in [1.29, 1.82) is 0 Å². The summed E-state index contributed by atoms with van der Waals surface area (Å²) in [5.74, 6) is -1.66. The van der Waals surface area contributed by atoms with E-state index in [0.29, 0.717) is 13.1 Å². The zero-order chi connectivity index (χ0) is 10.6. The predicted molar refractivity (Wildman–Crippen MR) is 47.9 cm³/mol. The summed E-state index contributed by atoms with van der Waals surface area (Å²) in [5.41, 5.74) is 0. The number of carbonyl (C=O) groups excluding carboxylic acids is 1. The van der Waals surface area contributed by atoms with Gasteiger partial charge in [-0.3, -0.25) is 9.48 Å². The second-order valence-corrected chi connectivity index (χ2v) is 2.79. The number of rotatable bonds is 4. The van der Waals surface area contributed by atoms with Crippen LogP contribution in [0.5, 0.6) is 0 Å². The molecule has 0 aliphatic rings. The molecule has 0 atom stereocenters. The molecule has 0 spiro atoms. The molecule has 1 heterocycles. The predicted octanol–water partition coefficient (Wildman–Crippen LogP) is 0.220. The van der Waals surface area contributed by atoms with Crippen LogP contribution in [0.15, 0.2) is 25.1 Å². The first kappa shape index (κ1) is 10.4. The van der Waals surface area contributed by atoms with E-state index in [4.69, 9.17) is 0 Å². The highest BCUT2D eigenvalue weighted by Gasteiger charge is 2.11. The minimum Gasteiger partial charge on any atom is -0.338 e. The van der Waals surface area contributed by atoms with Crippen molar-refractivity contribution in [3.8, 4) is 0 Å². The van der Waals surface area contributed by atoms with Gasteiger partial charge in [-0.1, -0.05) is 6.58 Å². The van der Waals surface area contributed by atoms with Gasteiger partial charge in [-0.15, -0.1) is 0 Å². The first-order valence-corrected chi connectivity index (χ1v) is 4.03. The quantitative estimate of drug-likeness (QED) is 0.650. The summed E-state index contributed by atoms with van der Waals surface area (Å²) in [7, 11) is 1.50. The van der Waals surface area contributed by atoms with E-state index in [-0.39, 0.29) is 0 Å². The van der Waals surface area contributed by atoms with Crippen LogP contribution in [0.4, 0.5) is 4.39 Å². The van der Waals surface area contributed by atoms with Crippen molar-refractivity contribution in [2.24, 2.45) is 0 Å². The zero-order valence-corrected chi connectivity index (χ0v) is 7.85. The van der Waals surface area contributed by atoms with Gasteiger partial charge in [0, 0.05) is 13.6 Å². The summed E-state index contributed by atoms with van der Waals surface area (Å²) in [5, 5.41) is 3.84. The fourth-order valence-electron chi connectivity index (χ4n) is 0.909. The van der Waals surface area contributed by atoms with E-state index in [1.54, 1.807) is 4.68 Å². The van der Waals surface area contributed by atoms with Gasteiger partial charge in [0.2, 0.25) is 0 Å². The van der Waals surface area contributed by atoms with Crippen LogP contribution >= 0.6 is 0 Å². The molecule has 6 heteroatoms. The molecule has 0 radical (unpaired) electrons. The average Bonchev–Trinajstić information content (AvgIpc) is 2.65. The highest BCUT2D eigenvalue weighted by atomic mass is 19.1. The van der Waals surface area contributed by atoms with E-state index in [1.165, 1.54) is 24.6 Å². The second kappa shape index (κ2) is 4.50. The van der Waals surface area contributed by atoms with Gasteiger partial charge in [0.05, 0.1) is 6.54 Å². The number of halogens is 1. The zero-order valence-electron chi connectivity index (χ0n) is 7.85. The summed E-state index contributed by atoms with van der Waals surface area (Å²) in [6.07, 6.45) is 2.93. The molecule has 1 rings (SSSR count). The third-order valence-electron chi connectivity index (χ3n) is 1.71. The van der Waals surface area contributed by atoms with E-state index < -0.39 is 11.7 Å². The summed E-state index contributed by atoms with van der Waals surface area (Å²) in [6, 6.07) is 0. The molecule has 76 valence electrons. The smallest absolute Gasteiger partial charge is 0.281 e. The fraction of sp³-hybridized carbons (Fsp3) is 0.375. The monoisotopic (exact) mass is 198 g/mol. The summed E-state index contributed by atoms with van der Waals surface area (Å²) < 4.78 is 14.0. The first-order valence-electron chi connectivity index (χ1n) is 4.03. The standard InChI is InChI=1S/C8H11FN4O/c1-7(9)8(14)12(2)3-4-13-6-10-5-11-13/h5-6H,1,3-4H2,2H3. The third kappa shape index (κ3) is 2.65. The van der Waals surface area contributed by atoms with Gasteiger partial charge in [0.25, 0.3) is 5.91 Å². The Morgan fingerprint density at radius 1 is 1.71 bits per heavy atom. The van der Waals surface area contributed by atoms with Crippen molar-refractivity contribution in [2.45, 2.75) is 6.54 Å². The Morgan fingerprint density at radius 3 is 2.93 bits per heavy atom. The average molecular weight is 198 g/mol. The van der Waals surface area contributed by atoms with Crippen molar-refractivity contribution < 1.29 is 9.18 Å². The van der Waals surface area contributed by atoms with Gasteiger partial charge < -0.3 is 4.90 Å². The Bertz CT molecular complexity index is 322. The number of aromatic nitrogens is 3. The summed E-state index contributed by atoms with van der Waals surface area (Å²) >= 11 is 0. The number of hydrogen-bond donors (Lipinski definition) is 0. The van der Waals surface area contributed by atoms with Crippen LogP contribution in [0.3, 0.4) is 0 Å². The molecule has 0 saturated heterocycles. The molecule has 0 bridgehead atoms. The van der Waals surface area contributed by atoms with Gasteiger partial charge in [-0.05, 0) is 0 Å². The molecule has 1 aromatic rings. The molecule has 1 amide bonds.